The molecule has 2 aromatic carbocycles. The van der Waals surface area contributed by atoms with Crippen LogP contribution in [0.15, 0.2) is 46.9 Å². The number of benzene rings is 2. The van der Waals surface area contributed by atoms with E-state index in [4.69, 9.17) is 4.74 Å². The molecule has 0 atom stereocenters. The van der Waals surface area contributed by atoms with Crippen molar-refractivity contribution >= 4 is 38.4 Å². The van der Waals surface area contributed by atoms with E-state index in [0.29, 0.717) is 22.8 Å². The Kier molecular flexibility index (Phi) is 4.74. The second kappa shape index (κ2) is 7.56. The molecule has 30 heavy (non-hydrogen) atoms. The van der Waals surface area contributed by atoms with Crippen molar-refractivity contribution < 1.29 is 9.53 Å². The van der Waals surface area contributed by atoms with Crippen LogP contribution >= 0.6 is 15.9 Å². The predicted molar refractivity (Wildman–Crippen MR) is 116 cm³/mol. The molecule has 0 aliphatic heterocycles. The number of carbonyl (C=O) groups excluding carboxylic acids is 1. The molecule has 152 valence electrons. The van der Waals surface area contributed by atoms with Crippen LogP contribution in [0.4, 0.5) is 5.69 Å². The van der Waals surface area contributed by atoms with Crippen molar-refractivity contribution in [1.29, 1.82) is 0 Å². The number of rotatable bonds is 5. The van der Waals surface area contributed by atoms with E-state index in [1.165, 1.54) is 6.42 Å². The molecule has 1 saturated carbocycles. The maximum Gasteiger partial charge on any atom is 0.272 e. The van der Waals surface area contributed by atoms with Gasteiger partial charge in [-0.15, -0.1) is 10.2 Å². The van der Waals surface area contributed by atoms with Crippen LogP contribution in [-0.2, 0) is 7.05 Å². The number of aromatic nitrogens is 5. The Morgan fingerprint density at radius 1 is 1.27 bits per heavy atom. The third-order valence-electron chi connectivity index (χ3n) is 5.41. The average Bonchev–Trinajstić information content (AvgIpc) is 3.35. The van der Waals surface area contributed by atoms with Crippen molar-refractivity contribution in [1.82, 2.24) is 25.2 Å². The minimum absolute atomic E-state index is 0.227. The van der Waals surface area contributed by atoms with Crippen LogP contribution in [0.3, 0.4) is 0 Å². The number of hydrogen-bond acceptors (Lipinski definition) is 5. The first-order chi connectivity index (χ1) is 14.6. The molecule has 1 aliphatic rings. The molecule has 5 rings (SSSR count). The third kappa shape index (κ3) is 3.35. The van der Waals surface area contributed by atoms with E-state index < -0.39 is 0 Å². The number of anilines is 1. The minimum atomic E-state index is -0.227. The number of para-hydroxylation sites is 1. The summed E-state index contributed by atoms with van der Waals surface area (Å²) in [6.45, 7) is 0. The number of halogens is 1. The number of nitrogens with one attached hydrogen (secondary N) is 2. The molecule has 0 saturated heterocycles. The molecule has 1 aliphatic carbocycles. The maximum atomic E-state index is 13.2. The highest BCUT2D eigenvalue weighted by molar-refractivity contribution is 9.10. The number of fused-ring (bicyclic) bond motifs is 1. The minimum Gasteiger partial charge on any atom is -0.488 e. The van der Waals surface area contributed by atoms with E-state index >= 15 is 0 Å². The lowest BCUT2D eigenvalue weighted by molar-refractivity contribution is 0.101. The highest BCUT2D eigenvalue weighted by Gasteiger charge is 2.23. The SMILES string of the molecule is Cn1c(C(=O)Nc2ccc(Br)cc2-c2nn[nH]n2)cc2cccc(OC3CCC3)c21. The van der Waals surface area contributed by atoms with Gasteiger partial charge in [-0.3, -0.25) is 4.79 Å². The Labute approximate surface area is 180 Å². The van der Waals surface area contributed by atoms with Gasteiger partial charge in [-0.1, -0.05) is 28.1 Å². The molecule has 2 N–H and O–H groups in total. The van der Waals surface area contributed by atoms with Crippen molar-refractivity contribution in [2.45, 2.75) is 25.4 Å². The van der Waals surface area contributed by atoms with Crippen LogP contribution in [0.5, 0.6) is 5.75 Å². The molecule has 0 radical (unpaired) electrons. The van der Waals surface area contributed by atoms with E-state index in [2.05, 4.69) is 41.9 Å². The lowest BCUT2D eigenvalue weighted by Gasteiger charge is -2.26. The zero-order valence-electron chi connectivity index (χ0n) is 16.2. The molecule has 1 fully saturated rings. The standard InChI is InChI=1S/C21H19BrN6O2/c1-28-17(10-12-4-2-7-18(19(12)28)30-14-5-3-6-14)21(29)23-16-9-8-13(22)11-15(16)20-24-26-27-25-20/h2,4,7-11,14H,3,5-6H2,1H3,(H,23,29)(H,24,25,26,27). The van der Waals surface area contributed by atoms with Gasteiger partial charge in [0.05, 0.1) is 17.3 Å². The summed E-state index contributed by atoms with van der Waals surface area (Å²) < 4.78 is 8.88. The van der Waals surface area contributed by atoms with Gasteiger partial charge in [0.1, 0.15) is 11.4 Å². The molecular weight excluding hydrogens is 448 g/mol. The summed E-state index contributed by atoms with van der Waals surface area (Å²) in [4.78, 5) is 13.2. The number of amides is 1. The summed E-state index contributed by atoms with van der Waals surface area (Å²) in [5, 5.41) is 18.1. The van der Waals surface area contributed by atoms with Gasteiger partial charge in [0.15, 0.2) is 0 Å². The van der Waals surface area contributed by atoms with Gasteiger partial charge < -0.3 is 14.6 Å². The Bertz CT molecular complexity index is 1230. The predicted octanol–water partition coefficient (Wildman–Crippen LogP) is 4.30. The first kappa shape index (κ1) is 18.8. The first-order valence-electron chi connectivity index (χ1n) is 9.70. The van der Waals surface area contributed by atoms with Crippen molar-refractivity contribution in [3.63, 3.8) is 0 Å². The van der Waals surface area contributed by atoms with E-state index in [9.17, 15) is 4.79 Å². The normalized spacial score (nSPS) is 13.9. The van der Waals surface area contributed by atoms with Gasteiger partial charge in [-0.25, -0.2) is 0 Å². The highest BCUT2D eigenvalue weighted by Crippen LogP contribution is 2.33. The molecule has 0 spiro atoms. The third-order valence-corrected chi connectivity index (χ3v) is 5.91. The maximum absolute atomic E-state index is 13.2. The van der Waals surface area contributed by atoms with Gasteiger partial charge in [-0.05, 0) is 54.8 Å². The van der Waals surface area contributed by atoms with Gasteiger partial charge in [-0.2, -0.15) is 5.21 Å². The molecule has 1 amide bonds. The topological polar surface area (TPSA) is 97.7 Å². The van der Waals surface area contributed by atoms with Crippen molar-refractivity contribution in [2.24, 2.45) is 7.05 Å². The molecule has 4 aromatic rings. The molecule has 8 nitrogen and oxygen atoms in total. The van der Waals surface area contributed by atoms with Gasteiger partial charge >= 0.3 is 0 Å². The van der Waals surface area contributed by atoms with Crippen LogP contribution in [0, 0.1) is 0 Å². The Morgan fingerprint density at radius 3 is 2.87 bits per heavy atom. The lowest BCUT2D eigenvalue weighted by atomic mass is 9.96. The summed E-state index contributed by atoms with van der Waals surface area (Å²) in [6.07, 6.45) is 3.63. The fourth-order valence-electron chi connectivity index (χ4n) is 3.63. The van der Waals surface area contributed by atoms with Crippen LogP contribution < -0.4 is 10.1 Å². The fraction of sp³-hybridized carbons (Fsp3) is 0.238. The van der Waals surface area contributed by atoms with Crippen molar-refractivity contribution in [2.75, 3.05) is 5.32 Å². The van der Waals surface area contributed by atoms with E-state index in [0.717, 1.165) is 34.0 Å². The van der Waals surface area contributed by atoms with E-state index in [-0.39, 0.29) is 12.0 Å². The number of aromatic amines is 1. The molecule has 0 unspecified atom stereocenters. The van der Waals surface area contributed by atoms with Gasteiger partial charge in [0.2, 0.25) is 5.82 Å². The summed E-state index contributed by atoms with van der Waals surface area (Å²) in [6, 6.07) is 13.3. The number of ether oxygens (including phenoxy) is 1. The number of aryl methyl sites for hydroxylation is 1. The summed E-state index contributed by atoms with van der Waals surface area (Å²) in [5.41, 5.74) is 2.72. The Balaban J connectivity index is 1.49. The van der Waals surface area contributed by atoms with Gasteiger partial charge in [0, 0.05) is 22.5 Å². The molecule has 2 heterocycles. The summed E-state index contributed by atoms with van der Waals surface area (Å²) >= 11 is 3.45. The van der Waals surface area contributed by atoms with Crippen LogP contribution in [-0.4, -0.2) is 37.2 Å². The molecule has 9 heteroatoms. The zero-order valence-corrected chi connectivity index (χ0v) is 17.8. The molecule has 0 bridgehead atoms. The van der Waals surface area contributed by atoms with Crippen molar-refractivity contribution in [3.8, 4) is 17.1 Å². The number of nitrogens with zero attached hydrogens (tertiary/aromatic N) is 4. The van der Waals surface area contributed by atoms with E-state index in [1.54, 1.807) is 0 Å². The second-order valence-corrected chi connectivity index (χ2v) is 8.25. The monoisotopic (exact) mass is 466 g/mol. The van der Waals surface area contributed by atoms with E-state index in [1.807, 2.05) is 54.1 Å². The lowest BCUT2D eigenvalue weighted by Crippen LogP contribution is -2.24. The molecular formula is C21H19BrN6O2. The largest absolute Gasteiger partial charge is 0.488 e. The van der Waals surface area contributed by atoms with Crippen LogP contribution in [0.2, 0.25) is 0 Å². The fourth-order valence-corrected chi connectivity index (χ4v) is 3.99. The first-order valence-corrected chi connectivity index (χ1v) is 10.5. The van der Waals surface area contributed by atoms with Crippen molar-refractivity contribution in [3.05, 3.63) is 52.6 Å². The van der Waals surface area contributed by atoms with Crippen LogP contribution in [0.1, 0.15) is 29.8 Å². The smallest absolute Gasteiger partial charge is 0.272 e. The van der Waals surface area contributed by atoms with Gasteiger partial charge in [0.25, 0.3) is 5.91 Å². The van der Waals surface area contributed by atoms with Crippen LogP contribution in [0.25, 0.3) is 22.3 Å². The number of carbonyl (C=O) groups is 1. The second-order valence-electron chi connectivity index (χ2n) is 7.33. The zero-order chi connectivity index (χ0) is 20.7. The quantitative estimate of drug-likeness (QED) is 0.456. The average molecular weight is 467 g/mol. The number of hydrogen-bond donors (Lipinski definition) is 2. The Morgan fingerprint density at radius 2 is 2.13 bits per heavy atom. The highest BCUT2D eigenvalue weighted by atomic mass is 79.9. The summed E-state index contributed by atoms with van der Waals surface area (Å²) in [7, 11) is 1.88. The molecule has 2 aromatic heterocycles. The summed E-state index contributed by atoms with van der Waals surface area (Å²) in [5.74, 6) is 0.991. The Hall–Kier alpha value is -3.20. The number of H-pyrrole nitrogens is 1. The number of tetrazole rings is 1.